The zero-order chi connectivity index (χ0) is 14.4. The van der Waals surface area contributed by atoms with Crippen LogP contribution in [0.2, 0.25) is 5.02 Å². The number of benzene rings is 1. The molecule has 1 aromatic rings. The van der Waals surface area contributed by atoms with Crippen LogP contribution in [0.15, 0.2) is 22.7 Å². The Bertz CT molecular complexity index is 481. The van der Waals surface area contributed by atoms with Gasteiger partial charge in [-0.25, -0.2) is 4.79 Å². The first-order valence-electron chi connectivity index (χ1n) is 5.39. The minimum Gasteiger partial charge on any atom is -0.483 e. The summed E-state index contributed by atoms with van der Waals surface area (Å²) in [4.78, 5) is 22.7. The number of hydrogen-bond acceptors (Lipinski definition) is 4. The van der Waals surface area contributed by atoms with Crippen LogP contribution in [0.3, 0.4) is 0 Å². The molecule has 7 heteroatoms. The highest BCUT2D eigenvalue weighted by atomic mass is 79.9. The smallest absolute Gasteiger partial charge is 0.328 e. The lowest BCUT2D eigenvalue weighted by atomic mass is 10.3. The number of hydrogen-bond donors (Lipinski definition) is 1. The molecule has 19 heavy (non-hydrogen) atoms. The van der Waals surface area contributed by atoms with Gasteiger partial charge in [-0.05, 0) is 41.1 Å². The first-order valence-corrected chi connectivity index (χ1v) is 6.56. The second kappa shape index (κ2) is 7.35. The summed E-state index contributed by atoms with van der Waals surface area (Å²) < 4.78 is 10.4. The van der Waals surface area contributed by atoms with E-state index >= 15 is 0 Å². The number of carbonyl (C=O) groups is 2. The van der Waals surface area contributed by atoms with Crippen molar-refractivity contribution in [2.45, 2.75) is 13.0 Å². The Hall–Kier alpha value is -1.27. The van der Waals surface area contributed by atoms with E-state index in [9.17, 15) is 9.59 Å². The quantitative estimate of drug-likeness (QED) is 0.827. The van der Waals surface area contributed by atoms with Crippen LogP contribution in [-0.2, 0) is 14.3 Å². The molecule has 1 atom stereocenters. The van der Waals surface area contributed by atoms with Crippen molar-refractivity contribution in [3.05, 3.63) is 27.7 Å². The van der Waals surface area contributed by atoms with Crippen LogP contribution in [0.1, 0.15) is 6.92 Å². The van der Waals surface area contributed by atoms with E-state index in [-0.39, 0.29) is 6.61 Å². The van der Waals surface area contributed by atoms with Crippen molar-refractivity contribution in [1.82, 2.24) is 5.32 Å². The third-order valence-electron chi connectivity index (χ3n) is 2.18. The van der Waals surface area contributed by atoms with Crippen LogP contribution in [-0.4, -0.2) is 31.6 Å². The second-order valence-electron chi connectivity index (χ2n) is 3.68. The van der Waals surface area contributed by atoms with Crippen LogP contribution in [0.25, 0.3) is 0 Å². The van der Waals surface area contributed by atoms with Crippen molar-refractivity contribution in [2.75, 3.05) is 13.7 Å². The molecule has 1 aromatic carbocycles. The van der Waals surface area contributed by atoms with Crippen molar-refractivity contribution in [3.63, 3.8) is 0 Å². The number of amides is 1. The van der Waals surface area contributed by atoms with Gasteiger partial charge in [0, 0.05) is 5.02 Å². The van der Waals surface area contributed by atoms with E-state index in [2.05, 4.69) is 26.0 Å². The van der Waals surface area contributed by atoms with E-state index in [0.717, 1.165) is 0 Å². The largest absolute Gasteiger partial charge is 0.483 e. The molecule has 104 valence electrons. The highest BCUT2D eigenvalue weighted by Gasteiger charge is 2.16. The zero-order valence-electron chi connectivity index (χ0n) is 10.4. The maximum atomic E-state index is 11.5. The van der Waals surface area contributed by atoms with E-state index in [0.29, 0.717) is 15.2 Å². The lowest BCUT2D eigenvalue weighted by Crippen LogP contribution is -2.41. The summed E-state index contributed by atoms with van der Waals surface area (Å²) in [5, 5.41) is 3.01. The number of nitrogens with one attached hydrogen (secondary N) is 1. The van der Waals surface area contributed by atoms with Gasteiger partial charge in [0.25, 0.3) is 5.91 Å². The molecule has 0 bridgehead atoms. The Morgan fingerprint density at radius 2 is 2.16 bits per heavy atom. The van der Waals surface area contributed by atoms with E-state index in [1.807, 2.05) is 0 Å². The minimum absolute atomic E-state index is 0.207. The van der Waals surface area contributed by atoms with Gasteiger partial charge in [-0.15, -0.1) is 0 Å². The highest BCUT2D eigenvalue weighted by Crippen LogP contribution is 2.27. The third-order valence-corrected chi connectivity index (χ3v) is 3.04. The number of carbonyl (C=O) groups excluding carboxylic acids is 2. The van der Waals surface area contributed by atoms with E-state index < -0.39 is 17.9 Å². The maximum absolute atomic E-state index is 11.5. The van der Waals surface area contributed by atoms with E-state index in [4.69, 9.17) is 16.3 Å². The summed E-state index contributed by atoms with van der Waals surface area (Å²) in [5.74, 6) is -0.439. The van der Waals surface area contributed by atoms with E-state index in [1.165, 1.54) is 14.0 Å². The number of rotatable bonds is 5. The monoisotopic (exact) mass is 349 g/mol. The number of methoxy groups -OCH3 is 1. The van der Waals surface area contributed by atoms with Crippen LogP contribution >= 0.6 is 27.5 Å². The van der Waals surface area contributed by atoms with Crippen LogP contribution < -0.4 is 10.1 Å². The molecule has 0 saturated carbocycles. The van der Waals surface area contributed by atoms with Crippen molar-refractivity contribution in [1.29, 1.82) is 0 Å². The number of ether oxygens (including phenoxy) is 2. The fourth-order valence-electron chi connectivity index (χ4n) is 1.25. The van der Waals surface area contributed by atoms with Crippen LogP contribution in [0.4, 0.5) is 0 Å². The molecular weight excluding hydrogens is 337 g/mol. The summed E-state index contributed by atoms with van der Waals surface area (Å²) in [5.41, 5.74) is 0. The average Bonchev–Trinajstić information content (AvgIpc) is 2.36. The topological polar surface area (TPSA) is 64.6 Å². The Morgan fingerprint density at radius 3 is 2.74 bits per heavy atom. The van der Waals surface area contributed by atoms with Crippen molar-refractivity contribution >= 4 is 39.4 Å². The molecule has 1 rings (SSSR count). The van der Waals surface area contributed by atoms with Gasteiger partial charge >= 0.3 is 5.97 Å². The minimum atomic E-state index is -0.713. The normalized spacial score (nSPS) is 11.6. The van der Waals surface area contributed by atoms with Gasteiger partial charge in [-0.3, -0.25) is 4.79 Å². The molecule has 0 saturated heterocycles. The lowest BCUT2D eigenvalue weighted by Gasteiger charge is -2.12. The number of esters is 1. The summed E-state index contributed by atoms with van der Waals surface area (Å²) in [6.45, 7) is 1.32. The Balaban J connectivity index is 2.48. The summed E-state index contributed by atoms with van der Waals surface area (Å²) in [6, 6.07) is 4.24. The van der Waals surface area contributed by atoms with Crippen molar-refractivity contribution < 1.29 is 19.1 Å². The highest BCUT2D eigenvalue weighted by molar-refractivity contribution is 9.10. The Kier molecular flexibility index (Phi) is 6.11. The summed E-state index contributed by atoms with van der Waals surface area (Å²) in [6.07, 6.45) is 0. The van der Waals surface area contributed by atoms with Gasteiger partial charge in [0.2, 0.25) is 0 Å². The first-order chi connectivity index (χ1) is 8.93. The fourth-order valence-corrected chi connectivity index (χ4v) is 2.05. The Labute approximate surface area is 124 Å². The fraction of sp³-hybridized carbons (Fsp3) is 0.333. The lowest BCUT2D eigenvalue weighted by molar-refractivity contribution is -0.144. The SMILES string of the molecule is COC(=O)[C@H](C)NC(=O)COc1ccc(Cl)cc1Br. The predicted octanol–water partition coefficient (Wildman–Crippen LogP) is 2.16. The van der Waals surface area contributed by atoms with Gasteiger partial charge in [0.05, 0.1) is 11.6 Å². The van der Waals surface area contributed by atoms with Crippen LogP contribution in [0, 0.1) is 0 Å². The second-order valence-corrected chi connectivity index (χ2v) is 4.97. The van der Waals surface area contributed by atoms with Gasteiger partial charge in [-0.1, -0.05) is 11.6 Å². The van der Waals surface area contributed by atoms with Gasteiger partial charge in [0.15, 0.2) is 6.61 Å². The molecule has 0 aliphatic rings. The van der Waals surface area contributed by atoms with Gasteiger partial charge in [0.1, 0.15) is 11.8 Å². The van der Waals surface area contributed by atoms with Gasteiger partial charge < -0.3 is 14.8 Å². The molecule has 1 amide bonds. The standard InChI is InChI=1S/C12H13BrClNO4/c1-7(12(17)18-2)15-11(16)6-19-10-4-3-8(14)5-9(10)13/h3-5,7H,6H2,1-2H3,(H,15,16)/t7-/m0/s1. The molecule has 0 aliphatic carbocycles. The zero-order valence-corrected chi connectivity index (χ0v) is 12.7. The first kappa shape index (κ1) is 15.8. The third kappa shape index (κ3) is 5.08. The number of halogens is 2. The molecule has 0 radical (unpaired) electrons. The van der Waals surface area contributed by atoms with E-state index in [1.54, 1.807) is 18.2 Å². The maximum Gasteiger partial charge on any atom is 0.328 e. The molecule has 0 aromatic heterocycles. The molecule has 0 aliphatic heterocycles. The predicted molar refractivity (Wildman–Crippen MR) is 74.3 cm³/mol. The summed E-state index contributed by atoms with van der Waals surface area (Å²) >= 11 is 9.05. The summed E-state index contributed by atoms with van der Waals surface area (Å²) in [7, 11) is 1.26. The van der Waals surface area contributed by atoms with Gasteiger partial charge in [-0.2, -0.15) is 0 Å². The average molecular weight is 351 g/mol. The molecule has 5 nitrogen and oxygen atoms in total. The van der Waals surface area contributed by atoms with Crippen molar-refractivity contribution in [2.24, 2.45) is 0 Å². The molecular formula is C12H13BrClNO4. The molecule has 0 spiro atoms. The molecule has 1 N–H and O–H groups in total. The van der Waals surface area contributed by atoms with Crippen molar-refractivity contribution in [3.8, 4) is 5.75 Å². The van der Waals surface area contributed by atoms with Crippen LogP contribution in [0.5, 0.6) is 5.75 Å². The molecule has 0 fully saturated rings. The molecule has 0 unspecified atom stereocenters. The molecule has 0 heterocycles. The Morgan fingerprint density at radius 1 is 1.47 bits per heavy atom.